The quantitative estimate of drug-likeness (QED) is 0.160. The normalized spacial score (nSPS) is 13.8. The molecule has 37 heavy (non-hydrogen) atoms. The van der Waals surface area contributed by atoms with Crippen molar-refractivity contribution in [2.24, 2.45) is 0 Å². The lowest BCUT2D eigenvalue weighted by Gasteiger charge is -2.13. The van der Waals surface area contributed by atoms with E-state index in [1.165, 1.54) is 16.6 Å². The summed E-state index contributed by atoms with van der Waals surface area (Å²) in [6, 6.07) is 0. The van der Waals surface area contributed by atoms with Crippen molar-refractivity contribution in [3.05, 3.63) is 32.0 Å². The summed E-state index contributed by atoms with van der Waals surface area (Å²) in [5.41, 5.74) is 2.19. The minimum Gasteiger partial charge on any atom is -0.462 e. The minimum atomic E-state index is -0.617. The Kier molecular flexibility index (Phi) is 10.6. The molecule has 2 aromatic heterocycles. The topological polar surface area (TPSA) is 108 Å². The Morgan fingerprint density at radius 2 is 1.46 bits per heavy atom. The van der Waals surface area contributed by atoms with Crippen molar-refractivity contribution in [2.45, 2.75) is 76.2 Å². The third-order valence-corrected chi connectivity index (χ3v) is 9.64. The Bertz CT molecular complexity index is 1170. The SMILES string of the molecule is CCOC(=O)c1sc(NC(=O)C(C)Sc2sc3c(c2C(=O)OCC)CCCCC3)c(C(=O)OCC)c1C. The van der Waals surface area contributed by atoms with E-state index in [0.29, 0.717) is 11.1 Å². The van der Waals surface area contributed by atoms with Crippen LogP contribution in [-0.2, 0) is 31.8 Å². The standard InChI is InChI=1S/C26H33NO7S3/c1-6-32-23(29)18-14(4)20(25(31)34-8-3)37-22(18)27-21(28)15(5)35-26-19(24(30)33-7-2)16-12-10-9-11-13-17(16)36-26/h15H,6-13H2,1-5H3,(H,27,28). The summed E-state index contributed by atoms with van der Waals surface area (Å²) in [7, 11) is 0. The van der Waals surface area contributed by atoms with E-state index < -0.39 is 17.2 Å². The average molecular weight is 568 g/mol. The number of nitrogens with one attached hydrogen (secondary N) is 1. The number of carbonyl (C=O) groups is 4. The predicted octanol–water partition coefficient (Wildman–Crippen LogP) is 6.04. The van der Waals surface area contributed by atoms with Crippen LogP contribution in [0.5, 0.6) is 0 Å². The number of aryl methyl sites for hydroxylation is 1. The van der Waals surface area contributed by atoms with Gasteiger partial charge < -0.3 is 19.5 Å². The molecule has 0 aromatic carbocycles. The smallest absolute Gasteiger partial charge is 0.348 e. The zero-order valence-electron chi connectivity index (χ0n) is 21.8. The highest BCUT2D eigenvalue weighted by atomic mass is 32.2. The first-order valence-corrected chi connectivity index (χ1v) is 15.0. The fraction of sp³-hybridized carbons (Fsp3) is 0.538. The Morgan fingerprint density at radius 1 is 0.865 bits per heavy atom. The average Bonchev–Trinajstić information content (AvgIpc) is 3.26. The summed E-state index contributed by atoms with van der Waals surface area (Å²) in [6.45, 7) is 9.16. The number of carbonyl (C=O) groups excluding carboxylic acids is 4. The summed E-state index contributed by atoms with van der Waals surface area (Å²) in [5, 5.41) is 2.47. The van der Waals surface area contributed by atoms with Crippen molar-refractivity contribution in [1.82, 2.24) is 0 Å². The van der Waals surface area contributed by atoms with E-state index in [0.717, 1.165) is 53.2 Å². The molecule has 1 aliphatic rings. The maximum Gasteiger partial charge on any atom is 0.348 e. The van der Waals surface area contributed by atoms with E-state index >= 15 is 0 Å². The van der Waals surface area contributed by atoms with Crippen LogP contribution in [0.4, 0.5) is 5.00 Å². The zero-order valence-corrected chi connectivity index (χ0v) is 24.3. The molecule has 8 nitrogen and oxygen atoms in total. The first kappa shape index (κ1) is 29.2. The zero-order chi connectivity index (χ0) is 27.1. The molecule has 1 unspecified atom stereocenters. The molecule has 1 N–H and O–H groups in total. The molecule has 1 aliphatic carbocycles. The Labute approximate surface area is 229 Å². The largest absolute Gasteiger partial charge is 0.462 e. The van der Waals surface area contributed by atoms with Gasteiger partial charge in [0.05, 0.1) is 40.4 Å². The number of thiophene rings is 2. The van der Waals surface area contributed by atoms with E-state index in [4.69, 9.17) is 14.2 Å². The molecule has 0 saturated heterocycles. The fourth-order valence-corrected chi connectivity index (χ4v) is 8.02. The minimum absolute atomic E-state index is 0.149. The van der Waals surface area contributed by atoms with E-state index in [2.05, 4.69) is 5.32 Å². The van der Waals surface area contributed by atoms with Crippen LogP contribution in [0.1, 0.15) is 93.3 Å². The Balaban J connectivity index is 1.88. The molecule has 11 heteroatoms. The van der Waals surface area contributed by atoms with Crippen LogP contribution in [0.25, 0.3) is 0 Å². The molecule has 202 valence electrons. The lowest BCUT2D eigenvalue weighted by molar-refractivity contribution is -0.115. The van der Waals surface area contributed by atoms with Gasteiger partial charge in [-0.15, -0.1) is 34.4 Å². The van der Waals surface area contributed by atoms with Crippen LogP contribution in [0.3, 0.4) is 0 Å². The van der Waals surface area contributed by atoms with Crippen molar-refractivity contribution in [1.29, 1.82) is 0 Å². The number of hydrogen-bond donors (Lipinski definition) is 1. The molecule has 0 fully saturated rings. The van der Waals surface area contributed by atoms with Gasteiger partial charge in [0, 0.05) is 4.88 Å². The Morgan fingerprint density at radius 3 is 2.11 bits per heavy atom. The summed E-state index contributed by atoms with van der Waals surface area (Å²) in [4.78, 5) is 52.7. The van der Waals surface area contributed by atoms with E-state index in [1.54, 1.807) is 46.0 Å². The molecule has 2 heterocycles. The maximum atomic E-state index is 13.3. The van der Waals surface area contributed by atoms with Gasteiger partial charge in [0.25, 0.3) is 0 Å². The molecule has 0 spiro atoms. The number of esters is 3. The highest BCUT2D eigenvalue weighted by Crippen LogP contribution is 2.42. The van der Waals surface area contributed by atoms with Crippen LogP contribution < -0.4 is 5.32 Å². The lowest BCUT2D eigenvalue weighted by atomic mass is 10.1. The predicted molar refractivity (Wildman–Crippen MR) is 146 cm³/mol. The summed E-state index contributed by atoms with van der Waals surface area (Å²) >= 11 is 3.86. The van der Waals surface area contributed by atoms with Crippen LogP contribution >= 0.6 is 34.4 Å². The van der Waals surface area contributed by atoms with Crippen molar-refractivity contribution in [3.63, 3.8) is 0 Å². The molecule has 0 saturated carbocycles. The third kappa shape index (κ3) is 6.74. The van der Waals surface area contributed by atoms with Gasteiger partial charge >= 0.3 is 17.9 Å². The molecular weight excluding hydrogens is 534 g/mol. The molecule has 1 amide bonds. The van der Waals surface area contributed by atoms with Gasteiger partial charge in [-0.3, -0.25) is 4.79 Å². The van der Waals surface area contributed by atoms with Gasteiger partial charge in [0.2, 0.25) is 5.91 Å². The van der Waals surface area contributed by atoms with Crippen molar-refractivity contribution >= 4 is 63.3 Å². The van der Waals surface area contributed by atoms with Gasteiger partial charge in [-0.25, -0.2) is 14.4 Å². The number of fused-ring (bicyclic) bond motifs is 1. The van der Waals surface area contributed by atoms with Gasteiger partial charge in [0.15, 0.2) is 0 Å². The molecular formula is C26H33NO7S3. The monoisotopic (exact) mass is 567 g/mol. The second kappa shape index (κ2) is 13.4. The van der Waals surface area contributed by atoms with Gasteiger partial charge in [0.1, 0.15) is 9.88 Å². The maximum absolute atomic E-state index is 13.3. The summed E-state index contributed by atoms with van der Waals surface area (Å²) < 4.78 is 16.4. The molecule has 2 aromatic rings. The number of rotatable bonds is 10. The van der Waals surface area contributed by atoms with Crippen molar-refractivity contribution in [3.8, 4) is 0 Å². The molecule has 3 rings (SSSR count). The number of ether oxygens (including phenoxy) is 3. The molecule has 0 aliphatic heterocycles. The van der Waals surface area contributed by atoms with E-state index in [9.17, 15) is 19.2 Å². The van der Waals surface area contributed by atoms with Crippen LogP contribution in [-0.4, -0.2) is 48.9 Å². The Hall–Kier alpha value is -2.37. The molecule has 1 atom stereocenters. The number of hydrogen-bond acceptors (Lipinski definition) is 10. The first-order chi connectivity index (χ1) is 17.7. The number of amides is 1. The molecule has 0 bridgehead atoms. The van der Waals surface area contributed by atoms with Crippen molar-refractivity contribution < 1.29 is 33.4 Å². The van der Waals surface area contributed by atoms with Crippen LogP contribution in [0, 0.1) is 6.92 Å². The number of thioether (sulfide) groups is 1. The molecule has 0 radical (unpaired) electrons. The second-order valence-electron chi connectivity index (χ2n) is 8.40. The van der Waals surface area contributed by atoms with Crippen molar-refractivity contribution in [2.75, 3.05) is 25.1 Å². The first-order valence-electron chi connectivity index (χ1n) is 12.5. The lowest BCUT2D eigenvalue weighted by Crippen LogP contribution is -2.23. The highest BCUT2D eigenvalue weighted by molar-refractivity contribution is 8.02. The van der Waals surface area contributed by atoms with Crippen LogP contribution in [0.2, 0.25) is 0 Å². The van der Waals surface area contributed by atoms with E-state index in [-0.39, 0.29) is 47.1 Å². The number of anilines is 1. The van der Waals surface area contributed by atoms with E-state index in [1.807, 2.05) is 0 Å². The second-order valence-corrected chi connectivity index (χ2v) is 12.1. The van der Waals surface area contributed by atoms with Crippen LogP contribution in [0.15, 0.2) is 4.21 Å². The van der Waals surface area contributed by atoms with Gasteiger partial charge in [-0.05, 0) is 71.4 Å². The van der Waals surface area contributed by atoms with Gasteiger partial charge in [-0.1, -0.05) is 6.42 Å². The summed E-state index contributed by atoms with van der Waals surface area (Å²) in [5.74, 6) is -1.88. The van der Waals surface area contributed by atoms with Gasteiger partial charge in [-0.2, -0.15) is 0 Å². The fourth-order valence-electron chi connectivity index (χ4n) is 4.08. The summed E-state index contributed by atoms with van der Waals surface area (Å²) in [6.07, 6.45) is 4.97. The third-order valence-electron chi connectivity index (χ3n) is 5.85. The highest BCUT2D eigenvalue weighted by Gasteiger charge is 2.31.